The number of hydrogen-bond acceptors (Lipinski definition) is 6. The number of anilines is 1. The van der Waals surface area contributed by atoms with Gasteiger partial charge in [0.05, 0.1) is 29.6 Å². The summed E-state index contributed by atoms with van der Waals surface area (Å²) in [6.45, 7) is 1.96. The van der Waals surface area contributed by atoms with Gasteiger partial charge in [0.15, 0.2) is 5.16 Å². The van der Waals surface area contributed by atoms with Gasteiger partial charge in [-0.25, -0.2) is 4.98 Å². The van der Waals surface area contributed by atoms with Gasteiger partial charge in [-0.3, -0.25) is 14.2 Å². The van der Waals surface area contributed by atoms with E-state index < -0.39 is 0 Å². The third-order valence-corrected chi connectivity index (χ3v) is 7.43. The van der Waals surface area contributed by atoms with Crippen LogP contribution in [0.15, 0.2) is 63.9 Å². The van der Waals surface area contributed by atoms with E-state index in [1.807, 2.05) is 55.5 Å². The smallest absolute Gasteiger partial charge is 0.267 e. The number of benzene rings is 2. The fourth-order valence-corrected chi connectivity index (χ4v) is 5.70. The van der Waals surface area contributed by atoms with Crippen molar-refractivity contribution in [3.05, 3.63) is 75.4 Å². The molecule has 0 spiro atoms. The quantitative estimate of drug-likeness (QED) is 0.286. The van der Waals surface area contributed by atoms with E-state index in [0.717, 1.165) is 34.5 Å². The van der Waals surface area contributed by atoms with Crippen LogP contribution in [0.4, 0.5) is 5.69 Å². The van der Waals surface area contributed by atoms with Crippen LogP contribution < -0.4 is 15.6 Å². The van der Waals surface area contributed by atoms with Crippen molar-refractivity contribution in [2.75, 3.05) is 18.2 Å². The monoisotopic (exact) mass is 477 g/mol. The van der Waals surface area contributed by atoms with Crippen LogP contribution in [0.25, 0.3) is 15.9 Å². The number of hydrogen-bond donors (Lipinski definition) is 1. The molecule has 33 heavy (non-hydrogen) atoms. The molecule has 1 fully saturated rings. The number of nitrogens with zero attached hydrogens (tertiary/aromatic N) is 2. The number of carbonyl (C=O) groups excluding carboxylic acids is 1. The molecule has 2 heterocycles. The van der Waals surface area contributed by atoms with E-state index in [9.17, 15) is 9.59 Å². The second-order valence-corrected chi connectivity index (χ2v) is 9.86. The van der Waals surface area contributed by atoms with Crippen molar-refractivity contribution in [1.82, 2.24) is 9.55 Å². The second-order valence-electron chi connectivity index (χ2n) is 8.06. The molecule has 1 aliphatic carbocycles. The van der Waals surface area contributed by atoms with Crippen LogP contribution in [0.1, 0.15) is 29.9 Å². The summed E-state index contributed by atoms with van der Waals surface area (Å²) < 4.78 is 6.98. The van der Waals surface area contributed by atoms with Crippen molar-refractivity contribution in [3.63, 3.8) is 0 Å². The van der Waals surface area contributed by atoms with Gasteiger partial charge in [-0.15, -0.1) is 11.3 Å². The Balaban J connectivity index is 1.47. The average molecular weight is 478 g/mol. The van der Waals surface area contributed by atoms with Gasteiger partial charge >= 0.3 is 0 Å². The number of fused-ring (bicyclic) bond motifs is 1. The molecule has 168 valence electrons. The Bertz CT molecular complexity index is 1390. The number of aromatic nitrogens is 2. The number of rotatable bonds is 7. The Kier molecular flexibility index (Phi) is 5.95. The lowest BCUT2D eigenvalue weighted by molar-refractivity contribution is -0.113. The molecule has 1 amide bonds. The molecule has 0 atom stereocenters. The number of nitrogens with one attached hydrogen (secondary N) is 1. The fourth-order valence-electron chi connectivity index (χ4n) is 3.83. The van der Waals surface area contributed by atoms with Gasteiger partial charge in [0.1, 0.15) is 10.6 Å². The van der Waals surface area contributed by atoms with Crippen LogP contribution in [-0.2, 0) is 4.79 Å². The zero-order chi connectivity index (χ0) is 22.9. The molecule has 0 saturated heterocycles. The molecule has 0 radical (unpaired) electrons. The highest BCUT2D eigenvalue weighted by Crippen LogP contribution is 2.44. The van der Waals surface area contributed by atoms with E-state index in [1.54, 1.807) is 11.7 Å². The Morgan fingerprint density at radius 3 is 2.76 bits per heavy atom. The Hall–Kier alpha value is -3.10. The maximum atomic E-state index is 13.6. The van der Waals surface area contributed by atoms with E-state index in [4.69, 9.17) is 9.72 Å². The molecular formula is C25H23N3O3S2. The number of ether oxygens (including phenoxy) is 1. The van der Waals surface area contributed by atoms with E-state index >= 15 is 0 Å². The van der Waals surface area contributed by atoms with Gasteiger partial charge in [-0.1, -0.05) is 36.0 Å². The normalized spacial score (nSPS) is 13.3. The first-order chi connectivity index (χ1) is 16.0. The molecule has 2 aromatic heterocycles. The molecule has 5 rings (SSSR count). The number of amides is 1. The summed E-state index contributed by atoms with van der Waals surface area (Å²) in [4.78, 5) is 31.9. The van der Waals surface area contributed by atoms with E-state index in [-0.39, 0.29) is 17.2 Å². The van der Waals surface area contributed by atoms with Crippen molar-refractivity contribution in [2.24, 2.45) is 0 Å². The third kappa shape index (κ3) is 4.41. The minimum Gasteiger partial charge on any atom is -0.495 e. The molecule has 0 bridgehead atoms. The fraction of sp³-hybridized carbons (Fsp3) is 0.240. The summed E-state index contributed by atoms with van der Waals surface area (Å²) in [5, 5.41) is 6.20. The lowest BCUT2D eigenvalue weighted by atomic mass is 10.1. The Labute approximate surface area is 199 Å². The van der Waals surface area contributed by atoms with Crippen LogP contribution >= 0.6 is 23.1 Å². The number of aryl methyl sites for hydroxylation is 1. The highest BCUT2D eigenvalue weighted by molar-refractivity contribution is 7.99. The molecular weight excluding hydrogens is 454 g/mol. The SMILES string of the molecule is COc1ccc(C)cc1NC(=O)CSc1nc2scc(C3CC3)c2c(=O)n1-c1ccccc1. The number of methoxy groups -OCH3 is 1. The molecule has 2 aromatic carbocycles. The maximum Gasteiger partial charge on any atom is 0.267 e. The van der Waals surface area contributed by atoms with Gasteiger partial charge in [-0.05, 0) is 66.5 Å². The van der Waals surface area contributed by atoms with Gasteiger partial charge in [0.2, 0.25) is 5.91 Å². The number of thiophene rings is 1. The first kappa shape index (κ1) is 21.7. The summed E-state index contributed by atoms with van der Waals surface area (Å²) >= 11 is 2.76. The number of thioether (sulfide) groups is 1. The summed E-state index contributed by atoms with van der Waals surface area (Å²) in [6, 6.07) is 15.1. The van der Waals surface area contributed by atoms with Crippen molar-refractivity contribution in [3.8, 4) is 11.4 Å². The number of para-hydroxylation sites is 1. The molecule has 1 saturated carbocycles. The maximum absolute atomic E-state index is 13.6. The lowest BCUT2D eigenvalue weighted by Gasteiger charge is -2.13. The van der Waals surface area contributed by atoms with Crippen molar-refractivity contribution < 1.29 is 9.53 Å². The average Bonchev–Trinajstić information content (AvgIpc) is 3.57. The highest BCUT2D eigenvalue weighted by atomic mass is 32.2. The van der Waals surface area contributed by atoms with Crippen LogP contribution in [0, 0.1) is 6.92 Å². The standard InChI is InChI=1S/C25H23N3O3S2/c1-15-8-11-20(31-2)19(12-15)26-21(29)14-33-25-27-23-22(18(13-32-23)16-9-10-16)24(30)28(25)17-6-4-3-5-7-17/h3-8,11-13,16H,9-10,14H2,1-2H3,(H,26,29). The van der Waals surface area contributed by atoms with Crippen molar-refractivity contribution >= 4 is 44.9 Å². The first-order valence-electron chi connectivity index (χ1n) is 10.7. The molecule has 6 nitrogen and oxygen atoms in total. The van der Waals surface area contributed by atoms with Gasteiger partial charge in [-0.2, -0.15) is 0 Å². The summed E-state index contributed by atoms with van der Waals surface area (Å²) in [6.07, 6.45) is 2.24. The van der Waals surface area contributed by atoms with Crippen LogP contribution in [0.5, 0.6) is 5.75 Å². The van der Waals surface area contributed by atoms with Crippen LogP contribution in [0.2, 0.25) is 0 Å². The highest BCUT2D eigenvalue weighted by Gasteiger charge is 2.29. The minimum absolute atomic E-state index is 0.0717. The largest absolute Gasteiger partial charge is 0.495 e. The second kappa shape index (κ2) is 9.03. The molecule has 0 unspecified atom stereocenters. The first-order valence-corrected chi connectivity index (χ1v) is 12.6. The van der Waals surface area contributed by atoms with Crippen LogP contribution in [0.3, 0.4) is 0 Å². The van der Waals surface area contributed by atoms with E-state index in [2.05, 4.69) is 10.7 Å². The predicted molar refractivity (Wildman–Crippen MR) is 134 cm³/mol. The van der Waals surface area contributed by atoms with Gasteiger partial charge in [0.25, 0.3) is 5.56 Å². The molecule has 1 N–H and O–H groups in total. The van der Waals surface area contributed by atoms with Gasteiger partial charge in [0, 0.05) is 0 Å². The van der Waals surface area contributed by atoms with E-state index in [0.29, 0.717) is 27.9 Å². The summed E-state index contributed by atoms with van der Waals surface area (Å²) in [7, 11) is 1.57. The minimum atomic E-state index is -0.192. The lowest BCUT2D eigenvalue weighted by Crippen LogP contribution is -2.23. The Morgan fingerprint density at radius 1 is 1.24 bits per heavy atom. The molecule has 1 aliphatic rings. The summed E-state index contributed by atoms with van der Waals surface area (Å²) in [5.74, 6) is 0.988. The topological polar surface area (TPSA) is 73.2 Å². The number of carbonyl (C=O) groups is 1. The van der Waals surface area contributed by atoms with Crippen LogP contribution in [-0.4, -0.2) is 28.3 Å². The third-order valence-electron chi connectivity index (χ3n) is 5.60. The molecule has 4 aromatic rings. The zero-order valence-corrected chi connectivity index (χ0v) is 20.0. The summed E-state index contributed by atoms with van der Waals surface area (Å²) in [5.41, 5.74) is 3.43. The van der Waals surface area contributed by atoms with Crippen molar-refractivity contribution in [1.29, 1.82) is 0 Å². The predicted octanol–water partition coefficient (Wildman–Crippen LogP) is 5.37. The molecule has 8 heteroatoms. The van der Waals surface area contributed by atoms with Gasteiger partial charge < -0.3 is 10.1 Å². The van der Waals surface area contributed by atoms with Crippen molar-refractivity contribution in [2.45, 2.75) is 30.8 Å². The van der Waals surface area contributed by atoms with E-state index in [1.165, 1.54) is 23.1 Å². The Morgan fingerprint density at radius 2 is 2.03 bits per heavy atom. The molecule has 0 aliphatic heterocycles. The zero-order valence-electron chi connectivity index (χ0n) is 18.3.